The molecular formula is C9H19ClN2O2. The second-order valence-corrected chi connectivity index (χ2v) is 3.67. The van der Waals surface area contributed by atoms with Gasteiger partial charge in [0.25, 0.3) is 0 Å². The van der Waals surface area contributed by atoms with Crippen molar-refractivity contribution in [1.29, 1.82) is 0 Å². The summed E-state index contributed by atoms with van der Waals surface area (Å²) in [7, 11) is 5.53. The van der Waals surface area contributed by atoms with Crippen molar-refractivity contribution in [2.75, 3.05) is 27.7 Å². The minimum absolute atomic E-state index is 0. The number of piperidine rings is 1. The summed E-state index contributed by atoms with van der Waals surface area (Å²) in [5, 5.41) is 3.15. The number of esters is 1. The Bertz CT molecular complexity index is 188. The number of hydrogen-bond acceptors (Lipinski definition) is 4. The Hall–Kier alpha value is -0.320. The summed E-state index contributed by atoms with van der Waals surface area (Å²) in [5.41, 5.74) is 0. The fourth-order valence-electron chi connectivity index (χ4n) is 1.69. The maximum Gasteiger partial charge on any atom is 0.322 e. The minimum atomic E-state index is -0.147. The smallest absolute Gasteiger partial charge is 0.322 e. The summed E-state index contributed by atoms with van der Waals surface area (Å²) in [5.74, 6) is -0.147. The molecule has 0 saturated carbocycles. The number of carbonyl (C=O) groups is 1. The van der Waals surface area contributed by atoms with Gasteiger partial charge in [-0.05, 0) is 33.5 Å². The summed E-state index contributed by atoms with van der Waals surface area (Å²) in [6, 6.07) is 0.372. The number of nitrogens with zero attached hydrogens (tertiary/aromatic N) is 1. The first-order valence-electron chi connectivity index (χ1n) is 4.62. The molecule has 0 radical (unpaired) electrons. The molecule has 1 aliphatic rings. The molecule has 0 aliphatic carbocycles. The van der Waals surface area contributed by atoms with Gasteiger partial charge in [-0.1, -0.05) is 0 Å². The summed E-state index contributed by atoms with van der Waals surface area (Å²) in [6.07, 6.45) is 1.94. The number of carbonyl (C=O) groups excluding carboxylic acids is 1. The summed E-state index contributed by atoms with van der Waals surface area (Å²) < 4.78 is 4.70. The predicted octanol–water partition coefficient (Wildman–Crippen LogP) is 0.263. The molecule has 5 heteroatoms. The third kappa shape index (κ3) is 3.44. The van der Waals surface area contributed by atoms with Gasteiger partial charge in [-0.3, -0.25) is 4.79 Å². The molecule has 0 amide bonds. The van der Waals surface area contributed by atoms with Gasteiger partial charge in [0.2, 0.25) is 0 Å². The van der Waals surface area contributed by atoms with Crippen LogP contribution in [0.3, 0.4) is 0 Å². The maximum atomic E-state index is 11.2. The highest BCUT2D eigenvalue weighted by atomic mass is 35.5. The van der Waals surface area contributed by atoms with E-state index in [9.17, 15) is 4.79 Å². The van der Waals surface area contributed by atoms with Crippen molar-refractivity contribution in [2.45, 2.75) is 24.9 Å². The van der Waals surface area contributed by atoms with E-state index < -0.39 is 0 Å². The van der Waals surface area contributed by atoms with Crippen LogP contribution in [0, 0.1) is 0 Å². The number of hydrogen-bond donors (Lipinski definition) is 1. The van der Waals surface area contributed by atoms with Crippen LogP contribution in [-0.4, -0.2) is 50.7 Å². The number of methoxy groups -OCH3 is 1. The van der Waals surface area contributed by atoms with Gasteiger partial charge in [0.15, 0.2) is 0 Å². The van der Waals surface area contributed by atoms with Gasteiger partial charge in [0, 0.05) is 6.04 Å². The first-order chi connectivity index (χ1) is 6.15. The maximum absolute atomic E-state index is 11.2. The molecule has 84 valence electrons. The van der Waals surface area contributed by atoms with E-state index in [4.69, 9.17) is 4.74 Å². The van der Waals surface area contributed by atoms with Gasteiger partial charge in [0.1, 0.15) is 6.04 Å². The molecule has 0 unspecified atom stereocenters. The summed E-state index contributed by atoms with van der Waals surface area (Å²) in [6.45, 7) is 0.891. The van der Waals surface area contributed by atoms with E-state index >= 15 is 0 Å². The van der Waals surface area contributed by atoms with Crippen molar-refractivity contribution in [1.82, 2.24) is 10.2 Å². The first-order valence-corrected chi connectivity index (χ1v) is 4.62. The summed E-state index contributed by atoms with van der Waals surface area (Å²) >= 11 is 0. The molecule has 4 nitrogen and oxygen atoms in total. The van der Waals surface area contributed by atoms with E-state index in [1.807, 2.05) is 14.1 Å². The SMILES string of the molecule is COC(=O)[C@@H]1C[C@H](N(C)C)CCN1.Cl. The molecule has 1 fully saturated rings. The second kappa shape index (κ2) is 6.22. The quantitative estimate of drug-likeness (QED) is 0.681. The van der Waals surface area contributed by atoms with Crippen molar-refractivity contribution in [3.05, 3.63) is 0 Å². The topological polar surface area (TPSA) is 41.6 Å². The van der Waals surface area contributed by atoms with Crippen molar-refractivity contribution in [3.8, 4) is 0 Å². The van der Waals surface area contributed by atoms with Crippen LogP contribution in [0.15, 0.2) is 0 Å². The van der Waals surface area contributed by atoms with Crippen molar-refractivity contribution >= 4 is 18.4 Å². The van der Waals surface area contributed by atoms with Gasteiger partial charge in [-0.2, -0.15) is 0 Å². The third-order valence-electron chi connectivity index (χ3n) is 2.59. The largest absolute Gasteiger partial charge is 0.468 e. The van der Waals surface area contributed by atoms with Gasteiger partial charge in [0.05, 0.1) is 7.11 Å². The Morgan fingerprint density at radius 1 is 1.50 bits per heavy atom. The Kier molecular flexibility index (Phi) is 6.08. The standard InChI is InChI=1S/C9H18N2O2.ClH/c1-11(2)7-4-5-10-8(6-7)9(12)13-3;/h7-8,10H,4-6H2,1-3H3;1H/t7-,8+;/m1./s1. The van der Waals surface area contributed by atoms with Crippen LogP contribution in [0.5, 0.6) is 0 Å². The van der Waals surface area contributed by atoms with Crippen LogP contribution in [-0.2, 0) is 9.53 Å². The number of halogens is 1. The lowest BCUT2D eigenvalue weighted by Crippen LogP contribution is -2.49. The van der Waals surface area contributed by atoms with Gasteiger partial charge in [-0.25, -0.2) is 0 Å². The van der Waals surface area contributed by atoms with Crippen LogP contribution in [0.4, 0.5) is 0 Å². The number of nitrogens with one attached hydrogen (secondary N) is 1. The molecule has 1 aliphatic heterocycles. The zero-order valence-corrected chi connectivity index (χ0v) is 9.76. The Balaban J connectivity index is 0.00000169. The summed E-state index contributed by atoms with van der Waals surface area (Å²) in [4.78, 5) is 13.4. The highest BCUT2D eigenvalue weighted by Crippen LogP contribution is 2.13. The lowest BCUT2D eigenvalue weighted by Gasteiger charge is -2.32. The second-order valence-electron chi connectivity index (χ2n) is 3.67. The van der Waals surface area contributed by atoms with Crippen molar-refractivity contribution in [2.24, 2.45) is 0 Å². The van der Waals surface area contributed by atoms with E-state index in [0.29, 0.717) is 6.04 Å². The van der Waals surface area contributed by atoms with E-state index in [1.54, 1.807) is 0 Å². The fourth-order valence-corrected chi connectivity index (χ4v) is 1.69. The molecule has 0 aromatic heterocycles. The fraction of sp³-hybridized carbons (Fsp3) is 0.889. The zero-order valence-electron chi connectivity index (χ0n) is 8.95. The first kappa shape index (κ1) is 13.7. The van der Waals surface area contributed by atoms with Crippen LogP contribution >= 0.6 is 12.4 Å². The van der Waals surface area contributed by atoms with Gasteiger partial charge in [-0.15, -0.1) is 12.4 Å². The Morgan fingerprint density at radius 2 is 2.14 bits per heavy atom. The van der Waals surface area contributed by atoms with Crippen LogP contribution in [0.2, 0.25) is 0 Å². The third-order valence-corrected chi connectivity index (χ3v) is 2.59. The minimum Gasteiger partial charge on any atom is -0.468 e. The molecule has 2 atom stereocenters. The van der Waals surface area contributed by atoms with Gasteiger partial charge >= 0.3 is 5.97 Å². The lowest BCUT2D eigenvalue weighted by atomic mass is 9.99. The molecule has 14 heavy (non-hydrogen) atoms. The van der Waals surface area contributed by atoms with E-state index in [2.05, 4.69) is 10.2 Å². The van der Waals surface area contributed by atoms with Gasteiger partial charge < -0.3 is 15.0 Å². The molecule has 1 rings (SSSR count). The predicted molar refractivity (Wildman–Crippen MR) is 57.8 cm³/mol. The van der Waals surface area contributed by atoms with E-state index in [0.717, 1.165) is 19.4 Å². The normalized spacial score (nSPS) is 26.9. The highest BCUT2D eigenvalue weighted by Gasteiger charge is 2.28. The molecule has 1 N–H and O–H groups in total. The zero-order chi connectivity index (χ0) is 9.84. The van der Waals surface area contributed by atoms with Crippen LogP contribution in [0.1, 0.15) is 12.8 Å². The molecule has 0 aromatic rings. The lowest BCUT2D eigenvalue weighted by molar-refractivity contribution is -0.144. The molecule has 1 saturated heterocycles. The number of ether oxygens (including phenoxy) is 1. The molecule has 0 bridgehead atoms. The Labute approximate surface area is 91.4 Å². The average molecular weight is 223 g/mol. The molecule has 0 aromatic carbocycles. The number of rotatable bonds is 2. The average Bonchev–Trinajstić information content (AvgIpc) is 2.17. The van der Waals surface area contributed by atoms with E-state index in [1.165, 1.54) is 7.11 Å². The monoisotopic (exact) mass is 222 g/mol. The molecular weight excluding hydrogens is 204 g/mol. The molecule has 1 heterocycles. The van der Waals surface area contributed by atoms with E-state index in [-0.39, 0.29) is 24.4 Å². The highest BCUT2D eigenvalue weighted by molar-refractivity contribution is 5.85. The van der Waals surface area contributed by atoms with Crippen molar-refractivity contribution < 1.29 is 9.53 Å². The van der Waals surface area contributed by atoms with Crippen molar-refractivity contribution in [3.63, 3.8) is 0 Å². The van der Waals surface area contributed by atoms with Crippen LogP contribution < -0.4 is 5.32 Å². The van der Waals surface area contributed by atoms with Crippen LogP contribution in [0.25, 0.3) is 0 Å². The Morgan fingerprint density at radius 3 is 2.64 bits per heavy atom. The molecule has 0 spiro atoms.